The number of hydrogen-bond donors (Lipinski definition) is 4. The lowest BCUT2D eigenvalue weighted by Gasteiger charge is -2.34. The van der Waals surface area contributed by atoms with Crippen molar-refractivity contribution in [1.82, 2.24) is 0 Å². The third kappa shape index (κ3) is 3.27. The Hall–Kier alpha value is -2.36. The molecule has 1 aliphatic rings. The first-order valence-electron chi connectivity index (χ1n) is 7.96. The fourth-order valence-corrected chi connectivity index (χ4v) is 3.13. The molecule has 6 N–H and O–H groups in total. The van der Waals surface area contributed by atoms with Crippen molar-refractivity contribution in [3.63, 3.8) is 0 Å². The number of hydrogen-bond acceptors (Lipinski definition) is 4. The summed E-state index contributed by atoms with van der Waals surface area (Å²) in [6.07, 6.45) is 4.76. The van der Waals surface area contributed by atoms with Crippen LogP contribution in [0.2, 0.25) is 0 Å². The Labute approximate surface area is 131 Å². The zero-order valence-electron chi connectivity index (χ0n) is 12.8. The summed E-state index contributed by atoms with van der Waals surface area (Å²) in [6, 6.07) is 16.6. The van der Waals surface area contributed by atoms with Crippen molar-refractivity contribution in [3.05, 3.63) is 48.5 Å². The van der Waals surface area contributed by atoms with Crippen LogP contribution >= 0.6 is 0 Å². The molecule has 0 amide bonds. The zero-order valence-corrected chi connectivity index (χ0v) is 12.8. The van der Waals surface area contributed by atoms with E-state index in [0.29, 0.717) is 12.1 Å². The summed E-state index contributed by atoms with van der Waals surface area (Å²) in [5.74, 6) is 0. The van der Waals surface area contributed by atoms with E-state index in [0.717, 1.165) is 35.6 Å². The number of benzene rings is 2. The van der Waals surface area contributed by atoms with Crippen LogP contribution < -0.4 is 22.1 Å². The lowest BCUT2D eigenvalue weighted by Crippen LogP contribution is -2.42. The highest BCUT2D eigenvalue weighted by Crippen LogP contribution is 2.28. The standard InChI is InChI=1S/C18H24N4/c19-13-7-1-3-9-15(13)21-17-11-5-6-12-18(17)22-16-10-4-2-8-14(16)20/h1-4,7-10,17-18,21-22H,5-6,11-12,19-20H2. The normalized spacial score (nSPS) is 21.3. The number of anilines is 4. The molecule has 1 aliphatic carbocycles. The molecule has 0 aliphatic heterocycles. The summed E-state index contributed by atoms with van der Waals surface area (Å²) >= 11 is 0. The highest BCUT2D eigenvalue weighted by molar-refractivity contribution is 5.68. The van der Waals surface area contributed by atoms with Crippen molar-refractivity contribution in [1.29, 1.82) is 0 Å². The Morgan fingerprint density at radius 3 is 1.50 bits per heavy atom. The second kappa shape index (κ2) is 6.60. The summed E-state index contributed by atoms with van der Waals surface area (Å²) < 4.78 is 0. The molecule has 4 nitrogen and oxygen atoms in total. The van der Waals surface area contributed by atoms with Gasteiger partial charge < -0.3 is 22.1 Å². The van der Waals surface area contributed by atoms with Gasteiger partial charge in [-0.15, -0.1) is 0 Å². The van der Waals surface area contributed by atoms with E-state index in [2.05, 4.69) is 10.6 Å². The van der Waals surface area contributed by atoms with E-state index in [4.69, 9.17) is 11.5 Å². The number of para-hydroxylation sites is 4. The second-order valence-corrected chi connectivity index (χ2v) is 5.96. The first kappa shape index (κ1) is 14.6. The number of nitrogens with one attached hydrogen (secondary N) is 2. The van der Waals surface area contributed by atoms with Crippen LogP contribution in [0.3, 0.4) is 0 Å². The maximum atomic E-state index is 6.06. The molecule has 0 saturated heterocycles. The van der Waals surface area contributed by atoms with Gasteiger partial charge in [-0.1, -0.05) is 37.1 Å². The van der Waals surface area contributed by atoms with E-state index < -0.39 is 0 Å². The lowest BCUT2D eigenvalue weighted by atomic mass is 9.89. The predicted molar refractivity (Wildman–Crippen MR) is 95.0 cm³/mol. The predicted octanol–water partition coefficient (Wildman–Crippen LogP) is 3.69. The Kier molecular flexibility index (Phi) is 4.37. The molecule has 0 aromatic heterocycles. The van der Waals surface area contributed by atoms with Gasteiger partial charge in [0.2, 0.25) is 0 Å². The van der Waals surface area contributed by atoms with E-state index >= 15 is 0 Å². The Morgan fingerprint density at radius 1 is 0.682 bits per heavy atom. The maximum absolute atomic E-state index is 6.06. The molecule has 2 atom stereocenters. The summed E-state index contributed by atoms with van der Waals surface area (Å²) in [5, 5.41) is 7.22. The quantitative estimate of drug-likeness (QED) is 0.649. The third-order valence-corrected chi connectivity index (χ3v) is 4.37. The van der Waals surface area contributed by atoms with Crippen molar-refractivity contribution < 1.29 is 0 Å². The molecule has 0 spiro atoms. The van der Waals surface area contributed by atoms with Crippen molar-refractivity contribution in [2.45, 2.75) is 37.8 Å². The van der Waals surface area contributed by atoms with Crippen molar-refractivity contribution in [2.24, 2.45) is 0 Å². The minimum absolute atomic E-state index is 0.359. The van der Waals surface area contributed by atoms with E-state index in [1.807, 2.05) is 48.5 Å². The largest absolute Gasteiger partial charge is 0.397 e. The monoisotopic (exact) mass is 296 g/mol. The molecule has 4 heteroatoms. The first-order chi connectivity index (χ1) is 10.7. The van der Waals surface area contributed by atoms with Crippen molar-refractivity contribution in [2.75, 3.05) is 22.1 Å². The molecule has 1 saturated carbocycles. The van der Waals surface area contributed by atoms with Gasteiger partial charge in [-0.2, -0.15) is 0 Å². The molecule has 0 radical (unpaired) electrons. The molecule has 0 bridgehead atoms. The molecule has 3 rings (SSSR count). The van der Waals surface area contributed by atoms with Crippen LogP contribution in [-0.2, 0) is 0 Å². The number of nitrogens with two attached hydrogens (primary N) is 2. The van der Waals surface area contributed by atoms with Crippen LogP contribution in [0.15, 0.2) is 48.5 Å². The minimum Gasteiger partial charge on any atom is -0.397 e. The molecule has 2 aromatic carbocycles. The fourth-order valence-electron chi connectivity index (χ4n) is 3.13. The average molecular weight is 296 g/mol. The van der Waals surface area contributed by atoms with Gasteiger partial charge in [0.05, 0.1) is 22.7 Å². The fraction of sp³-hybridized carbons (Fsp3) is 0.333. The van der Waals surface area contributed by atoms with Crippen LogP contribution in [0, 0.1) is 0 Å². The van der Waals surface area contributed by atoms with Crippen LogP contribution in [0.5, 0.6) is 0 Å². The first-order valence-corrected chi connectivity index (χ1v) is 7.96. The molecular weight excluding hydrogens is 272 g/mol. The number of rotatable bonds is 4. The molecule has 0 heterocycles. The van der Waals surface area contributed by atoms with Crippen molar-refractivity contribution >= 4 is 22.7 Å². The summed E-state index contributed by atoms with van der Waals surface area (Å²) in [5.41, 5.74) is 15.7. The Balaban J connectivity index is 1.74. The van der Waals surface area contributed by atoms with E-state index in [-0.39, 0.29) is 0 Å². The van der Waals surface area contributed by atoms with Gasteiger partial charge in [-0.3, -0.25) is 0 Å². The second-order valence-electron chi connectivity index (χ2n) is 5.96. The SMILES string of the molecule is Nc1ccccc1NC1CCCCC1Nc1ccccc1N. The van der Waals surface area contributed by atoms with Gasteiger partial charge in [-0.05, 0) is 37.1 Å². The smallest absolute Gasteiger partial charge is 0.0576 e. The lowest BCUT2D eigenvalue weighted by molar-refractivity contribution is 0.424. The molecule has 22 heavy (non-hydrogen) atoms. The summed E-state index contributed by atoms with van der Waals surface area (Å²) in [7, 11) is 0. The van der Waals surface area contributed by atoms with Gasteiger partial charge in [0.15, 0.2) is 0 Å². The molecule has 2 aromatic rings. The topological polar surface area (TPSA) is 76.1 Å². The highest BCUT2D eigenvalue weighted by atomic mass is 15.0. The van der Waals surface area contributed by atoms with E-state index in [1.165, 1.54) is 12.8 Å². The van der Waals surface area contributed by atoms with Crippen molar-refractivity contribution in [3.8, 4) is 0 Å². The highest BCUT2D eigenvalue weighted by Gasteiger charge is 2.25. The molecule has 2 unspecified atom stereocenters. The van der Waals surface area contributed by atoms with Gasteiger partial charge in [-0.25, -0.2) is 0 Å². The molecular formula is C18H24N4. The maximum Gasteiger partial charge on any atom is 0.0576 e. The van der Waals surface area contributed by atoms with Crippen LogP contribution in [0.4, 0.5) is 22.7 Å². The van der Waals surface area contributed by atoms with E-state index in [9.17, 15) is 0 Å². The van der Waals surface area contributed by atoms with Gasteiger partial charge >= 0.3 is 0 Å². The molecule has 116 valence electrons. The van der Waals surface area contributed by atoms with E-state index in [1.54, 1.807) is 0 Å². The average Bonchev–Trinajstić information content (AvgIpc) is 2.53. The minimum atomic E-state index is 0.359. The Morgan fingerprint density at radius 2 is 1.09 bits per heavy atom. The summed E-state index contributed by atoms with van der Waals surface area (Å²) in [4.78, 5) is 0. The number of nitrogen functional groups attached to an aromatic ring is 2. The van der Waals surface area contributed by atoms with Crippen LogP contribution in [-0.4, -0.2) is 12.1 Å². The van der Waals surface area contributed by atoms with Crippen LogP contribution in [0.25, 0.3) is 0 Å². The van der Waals surface area contributed by atoms with Gasteiger partial charge in [0, 0.05) is 12.1 Å². The van der Waals surface area contributed by atoms with Gasteiger partial charge in [0.25, 0.3) is 0 Å². The Bertz CT molecular complexity index is 570. The van der Waals surface area contributed by atoms with Gasteiger partial charge in [0.1, 0.15) is 0 Å². The van der Waals surface area contributed by atoms with Crippen LogP contribution in [0.1, 0.15) is 25.7 Å². The molecule has 1 fully saturated rings. The summed E-state index contributed by atoms with van der Waals surface area (Å²) in [6.45, 7) is 0. The third-order valence-electron chi connectivity index (χ3n) is 4.37. The zero-order chi connectivity index (χ0) is 15.4.